The third kappa shape index (κ3) is 6.29. The first-order valence-electron chi connectivity index (χ1n) is 12.5. The average molecular weight is 512 g/mol. The molecule has 3 rings (SSSR count). The Morgan fingerprint density at radius 1 is 1.11 bits per heavy atom. The highest BCUT2D eigenvalue weighted by Crippen LogP contribution is 2.35. The lowest BCUT2D eigenvalue weighted by molar-refractivity contribution is -0.146. The SMILES string of the molecule is CCCCC(C=O)(Oc1cc(C)ccc1N(C)C(=O)c1ccc(C(=O)O)c(OC)c1)N1CCN(C)CC1. The van der Waals surface area contributed by atoms with Crippen molar-refractivity contribution in [2.45, 2.75) is 38.8 Å². The summed E-state index contributed by atoms with van der Waals surface area (Å²) < 4.78 is 11.8. The number of amides is 1. The van der Waals surface area contributed by atoms with Crippen molar-refractivity contribution in [2.24, 2.45) is 0 Å². The van der Waals surface area contributed by atoms with Gasteiger partial charge in [0, 0.05) is 45.2 Å². The van der Waals surface area contributed by atoms with Gasteiger partial charge in [0.15, 0.2) is 6.29 Å². The summed E-state index contributed by atoms with van der Waals surface area (Å²) in [6, 6.07) is 9.74. The number of unbranched alkanes of at least 4 members (excludes halogenated alkanes) is 1. The molecule has 1 N–H and O–H groups in total. The lowest BCUT2D eigenvalue weighted by Crippen LogP contribution is -2.60. The highest BCUT2D eigenvalue weighted by molar-refractivity contribution is 6.07. The molecule has 200 valence electrons. The summed E-state index contributed by atoms with van der Waals surface area (Å²) in [5.41, 5.74) is 0.535. The van der Waals surface area contributed by atoms with Crippen LogP contribution < -0.4 is 14.4 Å². The van der Waals surface area contributed by atoms with E-state index in [1.807, 2.05) is 19.1 Å². The molecule has 1 saturated heterocycles. The Balaban J connectivity index is 1.98. The van der Waals surface area contributed by atoms with Gasteiger partial charge in [-0.3, -0.25) is 14.5 Å². The first-order valence-corrected chi connectivity index (χ1v) is 12.5. The van der Waals surface area contributed by atoms with Gasteiger partial charge in [0.2, 0.25) is 5.72 Å². The molecule has 0 saturated carbocycles. The molecule has 1 aliphatic heterocycles. The van der Waals surface area contributed by atoms with Crippen molar-refractivity contribution in [1.29, 1.82) is 0 Å². The number of methoxy groups -OCH3 is 1. The maximum absolute atomic E-state index is 13.5. The van der Waals surface area contributed by atoms with E-state index in [-0.39, 0.29) is 22.8 Å². The first-order chi connectivity index (χ1) is 17.7. The monoisotopic (exact) mass is 511 g/mol. The van der Waals surface area contributed by atoms with Crippen LogP contribution in [0.15, 0.2) is 36.4 Å². The number of carboxylic acids is 1. The molecule has 1 heterocycles. The number of aryl methyl sites for hydroxylation is 1. The van der Waals surface area contributed by atoms with Crippen LogP contribution in [-0.4, -0.2) is 86.2 Å². The van der Waals surface area contributed by atoms with E-state index in [4.69, 9.17) is 9.47 Å². The molecule has 37 heavy (non-hydrogen) atoms. The molecule has 1 amide bonds. The molecular weight excluding hydrogens is 474 g/mol. The van der Waals surface area contributed by atoms with Gasteiger partial charge in [-0.25, -0.2) is 4.79 Å². The first kappa shape index (κ1) is 28.1. The summed E-state index contributed by atoms with van der Waals surface area (Å²) in [6.07, 6.45) is 3.17. The number of nitrogens with zero attached hydrogens (tertiary/aromatic N) is 3. The highest BCUT2D eigenvalue weighted by Gasteiger charge is 2.40. The normalized spacial score (nSPS) is 16.0. The van der Waals surface area contributed by atoms with E-state index < -0.39 is 11.7 Å². The van der Waals surface area contributed by atoms with E-state index in [1.165, 1.54) is 30.2 Å². The number of aldehydes is 1. The van der Waals surface area contributed by atoms with E-state index in [0.29, 0.717) is 30.9 Å². The third-order valence-electron chi connectivity index (χ3n) is 6.86. The van der Waals surface area contributed by atoms with Gasteiger partial charge in [-0.1, -0.05) is 19.4 Å². The van der Waals surface area contributed by atoms with Crippen molar-refractivity contribution in [2.75, 3.05) is 52.3 Å². The fourth-order valence-electron chi connectivity index (χ4n) is 4.52. The van der Waals surface area contributed by atoms with Gasteiger partial charge in [-0.15, -0.1) is 0 Å². The minimum atomic E-state index is -1.14. The van der Waals surface area contributed by atoms with Gasteiger partial charge in [0.25, 0.3) is 5.91 Å². The maximum Gasteiger partial charge on any atom is 0.339 e. The fraction of sp³-hybridized carbons (Fsp3) is 0.464. The number of hydrogen-bond donors (Lipinski definition) is 1. The summed E-state index contributed by atoms with van der Waals surface area (Å²) >= 11 is 0. The Morgan fingerprint density at radius 2 is 1.81 bits per heavy atom. The second-order valence-electron chi connectivity index (χ2n) is 9.51. The second kappa shape index (κ2) is 12.2. The lowest BCUT2D eigenvalue weighted by atomic mass is 10.0. The van der Waals surface area contributed by atoms with Crippen LogP contribution in [0.3, 0.4) is 0 Å². The van der Waals surface area contributed by atoms with Gasteiger partial charge >= 0.3 is 5.97 Å². The Labute approximate surface area is 218 Å². The Kier molecular flexibility index (Phi) is 9.29. The van der Waals surface area contributed by atoms with E-state index in [0.717, 1.165) is 37.8 Å². The molecule has 9 heteroatoms. The van der Waals surface area contributed by atoms with E-state index in [2.05, 4.69) is 23.8 Å². The number of benzene rings is 2. The van der Waals surface area contributed by atoms with Crippen LogP contribution in [0.4, 0.5) is 5.69 Å². The Bertz CT molecular complexity index is 1130. The quantitative estimate of drug-likeness (QED) is 0.456. The average Bonchev–Trinajstić information content (AvgIpc) is 2.90. The molecule has 9 nitrogen and oxygen atoms in total. The Morgan fingerprint density at radius 3 is 2.41 bits per heavy atom. The van der Waals surface area contributed by atoms with Crippen LogP contribution in [0.1, 0.15) is 52.5 Å². The largest absolute Gasteiger partial charge is 0.496 e. The molecule has 2 aromatic carbocycles. The smallest absolute Gasteiger partial charge is 0.339 e. The predicted molar refractivity (Wildman–Crippen MR) is 142 cm³/mol. The van der Waals surface area contributed by atoms with Crippen molar-refractivity contribution >= 4 is 23.9 Å². The topological polar surface area (TPSA) is 99.6 Å². The summed E-state index contributed by atoms with van der Waals surface area (Å²) in [6.45, 7) is 7.07. The molecule has 0 bridgehead atoms. The summed E-state index contributed by atoms with van der Waals surface area (Å²) in [4.78, 5) is 43.4. The van der Waals surface area contributed by atoms with Gasteiger partial charge in [0.1, 0.15) is 17.1 Å². The summed E-state index contributed by atoms with van der Waals surface area (Å²) in [5.74, 6) is -0.970. The number of ether oxygens (including phenoxy) is 2. The van der Waals surface area contributed by atoms with Gasteiger partial charge in [0.05, 0.1) is 12.8 Å². The van der Waals surface area contributed by atoms with Crippen molar-refractivity contribution in [3.8, 4) is 11.5 Å². The predicted octanol–water partition coefficient (Wildman–Crippen LogP) is 3.69. The second-order valence-corrected chi connectivity index (χ2v) is 9.51. The van der Waals surface area contributed by atoms with E-state index in [9.17, 15) is 19.5 Å². The molecule has 1 fully saturated rings. The molecule has 0 spiro atoms. The minimum Gasteiger partial charge on any atom is -0.496 e. The van der Waals surface area contributed by atoms with Gasteiger partial charge < -0.3 is 24.4 Å². The van der Waals surface area contributed by atoms with Crippen LogP contribution in [-0.2, 0) is 4.79 Å². The third-order valence-corrected chi connectivity index (χ3v) is 6.86. The molecule has 1 aliphatic rings. The maximum atomic E-state index is 13.5. The molecule has 1 unspecified atom stereocenters. The standard InChI is InChI=1S/C28H37N3O6/c1-6-7-12-28(19-32,31-15-13-29(3)14-16-31)37-25-17-20(2)8-11-23(25)30(4)26(33)21-9-10-22(27(34)35)24(18-21)36-5/h8-11,17-19H,6-7,12-16H2,1-5H3,(H,34,35). The van der Waals surface area contributed by atoms with E-state index in [1.54, 1.807) is 13.1 Å². The van der Waals surface area contributed by atoms with Gasteiger partial charge in [-0.2, -0.15) is 0 Å². The molecule has 2 aromatic rings. The zero-order valence-electron chi connectivity index (χ0n) is 22.3. The number of hydrogen-bond acceptors (Lipinski definition) is 7. The molecule has 0 aliphatic carbocycles. The van der Waals surface area contributed by atoms with Crippen molar-refractivity contribution < 1.29 is 29.0 Å². The number of aromatic carboxylic acids is 1. The van der Waals surface area contributed by atoms with Crippen LogP contribution in [0.2, 0.25) is 0 Å². The van der Waals surface area contributed by atoms with Gasteiger partial charge in [-0.05, 0) is 56.3 Å². The molecule has 0 aromatic heterocycles. The number of carbonyl (C=O) groups is 3. The van der Waals surface area contributed by atoms with Crippen LogP contribution in [0.25, 0.3) is 0 Å². The number of carbonyl (C=O) groups excluding carboxylic acids is 2. The zero-order valence-corrected chi connectivity index (χ0v) is 22.3. The number of carboxylic acid groups (broad SMARTS) is 1. The van der Waals surface area contributed by atoms with Crippen LogP contribution in [0.5, 0.6) is 11.5 Å². The van der Waals surface area contributed by atoms with Crippen molar-refractivity contribution in [3.63, 3.8) is 0 Å². The zero-order chi connectivity index (χ0) is 27.2. The highest BCUT2D eigenvalue weighted by atomic mass is 16.5. The summed E-state index contributed by atoms with van der Waals surface area (Å²) in [5, 5.41) is 9.36. The lowest BCUT2D eigenvalue weighted by Gasteiger charge is -2.44. The Hall–Kier alpha value is -3.43. The number of piperazine rings is 1. The molecule has 1 atom stereocenters. The van der Waals surface area contributed by atoms with Crippen LogP contribution >= 0.6 is 0 Å². The van der Waals surface area contributed by atoms with Crippen LogP contribution in [0, 0.1) is 6.92 Å². The van der Waals surface area contributed by atoms with Crippen molar-refractivity contribution in [1.82, 2.24) is 9.80 Å². The molecule has 0 radical (unpaired) electrons. The number of anilines is 1. The fourth-order valence-corrected chi connectivity index (χ4v) is 4.52. The van der Waals surface area contributed by atoms with Crippen molar-refractivity contribution in [3.05, 3.63) is 53.1 Å². The summed E-state index contributed by atoms with van der Waals surface area (Å²) in [7, 11) is 5.05. The van der Waals surface area contributed by atoms with E-state index >= 15 is 0 Å². The number of likely N-dealkylation sites (N-methyl/N-ethyl adjacent to an activating group) is 1. The molecular formula is C28H37N3O6. The minimum absolute atomic E-state index is 0.0278. The number of rotatable bonds is 11.